The van der Waals surface area contributed by atoms with Crippen molar-refractivity contribution in [1.82, 2.24) is 9.97 Å². The molecule has 2 aromatic heterocycles. The topological polar surface area (TPSA) is 100 Å². The fraction of sp³-hybridized carbons (Fsp3) is 0.0833. The zero-order chi connectivity index (χ0) is 40.2. The van der Waals surface area contributed by atoms with Crippen molar-refractivity contribution in [2.45, 2.75) is 23.7 Å². The minimum absolute atomic E-state index is 0.234. The van der Waals surface area contributed by atoms with E-state index in [2.05, 4.69) is 0 Å². The number of carbonyl (C=O) groups is 2. The van der Waals surface area contributed by atoms with Gasteiger partial charge in [0.1, 0.15) is 27.7 Å². The van der Waals surface area contributed by atoms with E-state index in [-0.39, 0.29) is 21.4 Å². The lowest BCUT2D eigenvalue weighted by Gasteiger charge is -2.21. The van der Waals surface area contributed by atoms with Crippen LogP contribution in [0.4, 0.5) is 4.39 Å². The summed E-state index contributed by atoms with van der Waals surface area (Å²) in [5.74, 6) is -7.18. The first-order valence-electron chi connectivity index (χ1n) is 18.4. The minimum Gasteiger partial charge on any atom is -0.481 e. The number of thiazole rings is 2. The molecule has 0 bridgehead atoms. The van der Waals surface area contributed by atoms with Gasteiger partial charge in [0.05, 0.1) is 23.2 Å². The Morgan fingerprint density at radius 1 is 0.483 bits per heavy atom. The van der Waals surface area contributed by atoms with E-state index in [9.17, 15) is 24.2 Å². The second-order valence-electron chi connectivity index (χ2n) is 13.7. The maximum absolute atomic E-state index is 14.4. The van der Waals surface area contributed by atoms with Gasteiger partial charge >= 0.3 is 11.9 Å². The molecule has 58 heavy (non-hydrogen) atoms. The molecule has 6 aromatic carbocycles. The van der Waals surface area contributed by atoms with Gasteiger partial charge in [-0.3, -0.25) is 9.59 Å². The lowest BCUT2D eigenvalue weighted by Crippen LogP contribution is -2.26. The van der Waals surface area contributed by atoms with E-state index in [0.29, 0.717) is 31.9 Å². The quantitative estimate of drug-likeness (QED) is 0.120. The summed E-state index contributed by atoms with van der Waals surface area (Å²) in [7, 11) is 0. The Morgan fingerprint density at radius 3 is 1.10 bits per heavy atom. The summed E-state index contributed by atoms with van der Waals surface area (Å²) in [6, 6.07) is 51.7. The first-order chi connectivity index (χ1) is 28.3. The number of nitrogens with zero attached hydrogens (tertiary/aromatic N) is 2. The van der Waals surface area contributed by atoms with Crippen LogP contribution in [0.5, 0.6) is 0 Å². The number of carboxylic acids is 2. The monoisotopic (exact) mass is 820 g/mol. The number of rotatable bonds is 13. The summed E-state index contributed by atoms with van der Waals surface area (Å²) in [6.45, 7) is 0. The smallest absolute Gasteiger partial charge is 0.313 e. The van der Waals surface area contributed by atoms with Crippen molar-refractivity contribution >= 4 is 46.2 Å². The van der Waals surface area contributed by atoms with Crippen LogP contribution >= 0.6 is 34.3 Å². The molecular formula is C48H34ClFN2O4S2. The number of carboxylic acid groups (broad SMARTS) is 2. The molecule has 0 aliphatic heterocycles. The Kier molecular flexibility index (Phi) is 11.4. The van der Waals surface area contributed by atoms with Crippen LogP contribution in [0.1, 0.15) is 65.7 Å². The first-order valence-corrected chi connectivity index (χ1v) is 20.5. The summed E-state index contributed by atoms with van der Waals surface area (Å²) in [5, 5.41) is 24.3. The third-order valence-electron chi connectivity index (χ3n) is 10.0. The standard InChI is InChI=1S/C48H34ClFN2O4S2/c49-35-25-21-33(22-26-35)41-43(57-45(51-41)37(29-13-5-1-6-14-29)30-15-7-2-8-16-30)39(47(53)54)40(48(55)56)44-42(34-23-27-36(50)28-24-34)52-46(58-44)38(31-17-9-3-10-18-31)32-19-11-4-12-20-32/h1-28,37-40H,(H,53,54)(H,55,56). The molecule has 2 unspecified atom stereocenters. The Balaban J connectivity index is 1.37. The van der Waals surface area contributed by atoms with Crippen LogP contribution < -0.4 is 0 Å². The van der Waals surface area contributed by atoms with Crippen molar-refractivity contribution in [1.29, 1.82) is 0 Å². The number of hydrogen-bond donors (Lipinski definition) is 2. The molecular weight excluding hydrogens is 787 g/mol. The van der Waals surface area contributed by atoms with E-state index >= 15 is 0 Å². The van der Waals surface area contributed by atoms with Crippen molar-refractivity contribution in [3.05, 3.63) is 223 Å². The number of halogens is 2. The summed E-state index contributed by atoms with van der Waals surface area (Å²) >= 11 is 8.67. The van der Waals surface area contributed by atoms with Crippen molar-refractivity contribution < 1.29 is 24.2 Å². The van der Waals surface area contributed by atoms with Crippen molar-refractivity contribution in [3.63, 3.8) is 0 Å². The molecule has 8 aromatic rings. The third-order valence-corrected chi connectivity index (χ3v) is 12.7. The van der Waals surface area contributed by atoms with E-state index in [1.165, 1.54) is 23.5 Å². The van der Waals surface area contributed by atoms with Gasteiger partial charge in [0.25, 0.3) is 0 Å². The second kappa shape index (κ2) is 17.1. The van der Waals surface area contributed by atoms with Gasteiger partial charge in [-0.25, -0.2) is 14.4 Å². The highest BCUT2D eigenvalue weighted by Gasteiger charge is 2.44. The van der Waals surface area contributed by atoms with Crippen molar-refractivity contribution in [3.8, 4) is 22.5 Å². The molecule has 0 amide bonds. The van der Waals surface area contributed by atoms with Crippen LogP contribution in [-0.4, -0.2) is 32.1 Å². The van der Waals surface area contributed by atoms with E-state index in [1.807, 2.05) is 121 Å². The average molecular weight is 821 g/mol. The van der Waals surface area contributed by atoms with Gasteiger partial charge < -0.3 is 10.2 Å². The Morgan fingerprint density at radius 2 is 0.793 bits per heavy atom. The normalized spacial score (nSPS) is 12.4. The Labute approximate surface area is 347 Å². The van der Waals surface area contributed by atoms with Crippen LogP contribution in [0.25, 0.3) is 22.5 Å². The molecule has 0 aliphatic carbocycles. The predicted molar refractivity (Wildman–Crippen MR) is 228 cm³/mol. The molecule has 2 atom stereocenters. The van der Waals surface area contributed by atoms with Gasteiger partial charge in [-0.05, 0) is 58.7 Å². The number of hydrogen-bond acceptors (Lipinski definition) is 6. The molecule has 0 radical (unpaired) electrons. The van der Waals surface area contributed by atoms with Gasteiger partial charge in [0.15, 0.2) is 0 Å². The highest BCUT2D eigenvalue weighted by Crippen LogP contribution is 2.50. The van der Waals surface area contributed by atoms with Crippen LogP contribution in [0.3, 0.4) is 0 Å². The molecule has 10 heteroatoms. The lowest BCUT2D eigenvalue weighted by atomic mass is 9.86. The third kappa shape index (κ3) is 7.97. The van der Waals surface area contributed by atoms with E-state index < -0.39 is 35.5 Å². The molecule has 0 aliphatic rings. The molecule has 0 saturated carbocycles. The summed E-state index contributed by atoms with van der Waals surface area (Å²) in [6.07, 6.45) is 0. The van der Waals surface area contributed by atoms with Gasteiger partial charge in [-0.1, -0.05) is 145 Å². The van der Waals surface area contributed by atoms with Crippen LogP contribution in [0.2, 0.25) is 5.02 Å². The maximum Gasteiger partial charge on any atom is 0.313 e. The first kappa shape index (κ1) is 38.6. The van der Waals surface area contributed by atoms with Crippen LogP contribution in [0, 0.1) is 5.82 Å². The predicted octanol–water partition coefficient (Wildman–Crippen LogP) is 12.1. The molecule has 286 valence electrons. The van der Waals surface area contributed by atoms with Gasteiger partial charge in [0, 0.05) is 25.9 Å². The summed E-state index contributed by atoms with van der Waals surface area (Å²) in [5.41, 5.74) is 5.41. The van der Waals surface area contributed by atoms with E-state index in [1.54, 1.807) is 36.4 Å². The average Bonchev–Trinajstić information content (AvgIpc) is 3.87. The SMILES string of the molecule is O=C(O)C(c1sc(C(c2ccccc2)c2ccccc2)nc1-c1ccc(F)cc1)C(C(=O)O)c1sc(C(c2ccccc2)c2ccccc2)nc1-c1ccc(Cl)cc1. The molecule has 6 nitrogen and oxygen atoms in total. The van der Waals surface area contributed by atoms with Crippen molar-refractivity contribution in [2.24, 2.45) is 0 Å². The van der Waals surface area contributed by atoms with Gasteiger partial charge in [0.2, 0.25) is 0 Å². The molecule has 0 spiro atoms. The number of aliphatic carboxylic acids is 2. The second-order valence-corrected chi connectivity index (χ2v) is 16.2. The zero-order valence-electron chi connectivity index (χ0n) is 30.7. The summed E-state index contributed by atoms with van der Waals surface area (Å²) < 4.78 is 14.4. The minimum atomic E-state index is -1.62. The number of aromatic nitrogens is 2. The van der Waals surface area contributed by atoms with Gasteiger partial charge in [-0.2, -0.15) is 0 Å². The molecule has 0 fully saturated rings. The molecule has 2 heterocycles. The van der Waals surface area contributed by atoms with Crippen LogP contribution in [0.15, 0.2) is 170 Å². The molecule has 0 saturated heterocycles. The van der Waals surface area contributed by atoms with Gasteiger partial charge in [-0.15, -0.1) is 22.7 Å². The van der Waals surface area contributed by atoms with E-state index in [0.717, 1.165) is 33.6 Å². The molecule has 2 N–H and O–H groups in total. The highest BCUT2D eigenvalue weighted by molar-refractivity contribution is 7.13. The Hall–Kier alpha value is -6.26. The Bertz CT molecular complexity index is 2390. The largest absolute Gasteiger partial charge is 0.481 e. The van der Waals surface area contributed by atoms with Crippen molar-refractivity contribution in [2.75, 3.05) is 0 Å². The zero-order valence-corrected chi connectivity index (χ0v) is 33.0. The van der Waals surface area contributed by atoms with E-state index in [4.69, 9.17) is 21.6 Å². The fourth-order valence-electron chi connectivity index (χ4n) is 7.35. The fourth-order valence-corrected chi connectivity index (χ4v) is 10.2. The summed E-state index contributed by atoms with van der Waals surface area (Å²) in [4.78, 5) is 38.6. The maximum atomic E-state index is 14.4. The lowest BCUT2D eigenvalue weighted by molar-refractivity contribution is -0.147. The van der Waals surface area contributed by atoms with Crippen LogP contribution in [-0.2, 0) is 9.59 Å². The molecule has 8 rings (SSSR count). The number of benzene rings is 6. The highest BCUT2D eigenvalue weighted by atomic mass is 35.5.